The van der Waals surface area contributed by atoms with E-state index in [1.54, 1.807) is 0 Å². The van der Waals surface area contributed by atoms with Gasteiger partial charge in [-0.05, 0) is 32.2 Å². The zero-order valence-electron chi connectivity index (χ0n) is 8.89. The highest BCUT2D eigenvalue weighted by atomic mass is 15.1. The SMILES string of the molecule is C1=CCC(n2cncc2[C@@H]2CCCN2)C1. The zero-order chi connectivity index (χ0) is 10.1. The summed E-state index contributed by atoms with van der Waals surface area (Å²) in [6.45, 7) is 1.15. The molecule has 3 nitrogen and oxygen atoms in total. The molecule has 1 aromatic rings. The monoisotopic (exact) mass is 203 g/mol. The van der Waals surface area contributed by atoms with Crippen LogP contribution in [0.15, 0.2) is 24.7 Å². The van der Waals surface area contributed by atoms with Gasteiger partial charge in [0.2, 0.25) is 0 Å². The molecule has 1 aromatic heterocycles. The predicted molar refractivity (Wildman–Crippen MR) is 59.6 cm³/mol. The van der Waals surface area contributed by atoms with Gasteiger partial charge in [-0.2, -0.15) is 0 Å². The van der Waals surface area contributed by atoms with Gasteiger partial charge in [0.1, 0.15) is 0 Å². The molecule has 1 aliphatic carbocycles. The first-order valence-corrected chi connectivity index (χ1v) is 5.85. The minimum absolute atomic E-state index is 0.535. The number of hydrogen-bond acceptors (Lipinski definition) is 2. The molecule has 3 heteroatoms. The van der Waals surface area contributed by atoms with E-state index in [0.717, 1.165) is 19.4 Å². The minimum Gasteiger partial charge on any atom is -0.329 e. The van der Waals surface area contributed by atoms with Gasteiger partial charge in [-0.25, -0.2) is 4.98 Å². The van der Waals surface area contributed by atoms with Crippen molar-refractivity contribution in [3.63, 3.8) is 0 Å². The molecular weight excluding hydrogens is 186 g/mol. The highest BCUT2D eigenvalue weighted by Gasteiger charge is 2.23. The minimum atomic E-state index is 0.535. The molecule has 3 rings (SSSR count). The summed E-state index contributed by atoms with van der Waals surface area (Å²) in [5, 5.41) is 3.54. The van der Waals surface area contributed by atoms with Crippen LogP contribution in [0.1, 0.15) is 43.5 Å². The Morgan fingerprint density at radius 1 is 1.33 bits per heavy atom. The molecule has 0 spiro atoms. The summed E-state index contributed by atoms with van der Waals surface area (Å²) in [5.74, 6) is 0. The number of allylic oxidation sites excluding steroid dienone is 2. The molecule has 2 heterocycles. The van der Waals surface area contributed by atoms with Crippen LogP contribution in [0.2, 0.25) is 0 Å². The second-order valence-corrected chi connectivity index (χ2v) is 4.47. The summed E-state index contributed by atoms with van der Waals surface area (Å²) < 4.78 is 2.36. The first-order valence-electron chi connectivity index (χ1n) is 5.85. The summed E-state index contributed by atoms with van der Waals surface area (Å²) in [6, 6.07) is 1.15. The van der Waals surface area contributed by atoms with Crippen LogP contribution in [-0.2, 0) is 0 Å². The maximum Gasteiger partial charge on any atom is 0.0951 e. The molecule has 0 bridgehead atoms. The third-order valence-corrected chi connectivity index (χ3v) is 3.49. The second-order valence-electron chi connectivity index (χ2n) is 4.47. The zero-order valence-corrected chi connectivity index (χ0v) is 8.89. The Kier molecular flexibility index (Phi) is 2.33. The highest BCUT2D eigenvalue weighted by Crippen LogP contribution is 2.30. The van der Waals surface area contributed by atoms with Crippen LogP contribution < -0.4 is 5.32 Å². The van der Waals surface area contributed by atoms with Gasteiger partial charge < -0.3 is 9.88 Å². The summed E-state index contributed by atoms with van der Waals surface area (Å²) in [4.78, 5) is 4.31. The van der Waals surface area contributed by atoms with Crippen molar-refractivity contribution in [2.45, 2.75) is 37.8 Å². The lowest BCUT2D eigenvalue weighted by molar-refractivity contribution is 0.482. The molecule has 1 aliphatic heterocycles. The molecule has 0 amide bonds. The summed E-state index contributed by atoms with van der Waals surface area (Å²) in [7, 11) is 0. The smallest absolute Gasteiger partial charge is 0.0951 e. The molecule has 1 N–H and O–H groups in total. The molecule has 0 saturated carbocycles. The average Bonchev–Trinajstić information content (AvgIpc) is 3.01. The Bertz CT molecular complexity index is 336. The van der Waals surface area contributed by atoms with Crippen LogP contribution in [0.3, 0.4) is 0 Å². The highest BCUT2D eigenvalue weighted by molar-refractivity contribution is 5.11. The maximum absolute atomic E-state index is 4.31. The largest absolute Gasteiger partial charge is 0.329 e. The van der Waals surface area contributed by atoms with Gasteiger partial charge >= 0.3 is 0 Å². The molecular formula is C12H17N3. The van der Waals surface area contributed by atoms with E-state index in [1.165, 1.54) is 18.5 Å². The van der Waals surface area contributed by atoms with Crippen molar-refractivity contribution in [1.29, 1.82) is 0 Å². The van der Waals surface area contributed by atoms with E-state index < -0.39 is 0 Å². The fourth-order valence-electron chi connectivity index (χ4n) is 2.66. The first-order chi connectivity index (χ1) is 7.45. The number of hydrogen-bond donors (Lipinski definition) is 1. The Morgan fingerprint density at radius 3 is 2.93 bits per heavy atom. The van der Waals surface area contributed by atoms with Crippen molar-refractivity contribution in [1.82, 2.24) is 14.9 Å². The van der Waals surface area contributed by atoms with Gasteiger partial charge in [0.05, 0.1) is 12.0 Å². The van der Waals surface area contributed by atoms with Crippen LogP contribution in [0.4, 0.5) is 0 Å². The lowest BCUT2D eigenvalue weighted by Crippen LogP contribution is -2.18. The average molecular weight is 203 g/mol. The number of rotatable bonds is 2. The molecule has 0 unspecified atom stereocenters. The number of nitrogens with zero attached hydrogens (tertiary/aromatic N) is 2. The Morgan fingerprint density at radius 2 is 2.20 bits per heavy atom. The molecule has 1 saturated heterocycles. The molecule has 0 aromatic carbocycles. The maximum atomic E-state index is 4.31. The van der Waals surface area contributed by atoms with Gasteiger partial charge in [-0.1, -0.05) is 12.2 Å². The molecule has 0 radical (unpaired) electrons. The van der Waals surface area contributed by atoms with Crippen LogP contribution in [-0.4, -0.2) is 16.1 Å². The van der Waals surface area contributed by atoms with E-state index in [2.05, 4.69) is 27.0 Å². The third kappa shape index (κ3) is 1.61. The van der Waals surface area contributed by atoms with E-state index >= 15 is 0 Å². The molecule has 2 aliphatic rings. The predicted octanol–water partition coefficient (Wildman–Crippen LogP) is 2.20. The quantitative estimate of drug-likeness (QED) is 0.747. The van der Waals surface area contributed by atoms with Crippen molar-refractivity contribution < 1.29 is 0 Å². The van der Waals surface area contributed by atoms with Crippen LogP contribution in [0, 0.1) is 0 Å². The van der Waals surface area contributed by atoms with Gasteiger partial charge in [0.15, 0.2) is 0 Å². The third-order valence-electron chi connectivity index (χ3n) is 3.49. The van der Waals surface area contributed by atoms with E-state index in [-0.39, 0.29) is 0 Å². The number of imidazole rings is 1. The molecule has 15 heavy (non-hydrogen) atoms. The number of nitrogens with one attached hydrogen (secondary N) is 1. The molecule has 80 valence electrons. The lowest BCUT2D eigenvalue weighted by Gasteiger charge is -2.18. The fraction of sp³-hybridized carbons (Fsp3) is 0.583. The van der Waals surface area contributed by atoms with Gasteiger partial charge in [-0.15, -0.1) is 0 Å². The van der Waals surface area contributed by atoms with E-state index in [1.807, 2.05) is 12.5 Å². The second kappa shape index (κ2) is 3.81. The van der Waals surface area contributed by atoms with Crippen molar-refractivity contribution in [3.8, 4) is 0 Å². The van der Waals surface area contributed by atoms with Crippen molar-refractivity contribution in [2.75, 3.05) is 6.54 Å². The van der Waals surface area contributed by atoms with Gasteiger partial charge in [0.25, 0.3) is 0 Å². The fourth-order valence-corrected chi connectivity index (χ4v) is 2.66. The normalized spacial score (nSPS) is 26.5. The lowest BCUT2D eigenvalue weighted by atomic mass is 10.1. The Balaban J connectivity index is 1.84. The summed E-state index contributed by atoms with van der Waals surface area (Å²) >= 11 is 0. The van der Waals surface area contributed by atoms with Crippen LogP contribution in [0.5, 0.6) is 0 Å². The molecule has 1 atom stereocenters. The van der Waals surface area contributed by atoms with Crippen molar-refractivity contribution in [3.05, 3.63) is 30.4 Å². The first kappa shape index (κ1) is 9.16. The standard InChI is InChI=1S/C12H17N3/c1-2-5-10(4-1)15-9-13-8-12(15)11-6-3-7-14-11/h1-2,8-11,14H,3-7H2/t11-/m0/s1. The van der Waals surface area contributed by atoms with Gasteiger partial charge in [0, 0.05) is 18.3 Å². The Hall–Kier alpha value is -1.09. The van der Waals surface area contributed by atoms with E-state index in [4.69, 9.17) is 0 Å². The van der Waals surface area contributed by atoms with Crippen molar-refractivity contribution >= 4 is 0 Å². The van der Waals surface area contributed by atoms with Crippen LogP contribution >= 0.6 is 0 Å². The van der Waals surface area contributed by atoms with Gasteiger partial charge in [-0.3, -0.25) is 0 Å². The van der Waals surface area contributed by atoms with E-state index in [9.17, 15) is 0 Å². The number of aromatic nitrogens is 2. The topological polar surface area (TPSA) is 29.9 Å². The molecule has 1 fully saturated rings. The van der Waals surface area contributed by atoms with Crippen molar-refractivity contribution in [2.24, 2.45) is 0 Å². The summed E-state index contributed by atoms with van der Waals surface area (Å²) in [6.07, 6.45) is 13.4. The summed E-state index contributed by atoms with van der Waals surface area (Å²) in [5.41, 5.74) is 1.38. The van der Waals surface area contributed by atoms with E-state index in [0.29, 0.717) is 12.1 Å². The Labute approximate surface area is 90.2 Å². The van der Waals surface area contributed by atoms with Crippen LogP contribution in [0.25, 0.3) is 0 Å².